The Balaban J connectivity index is 4.75. The SMILES string of the molecule is CCCCCCC(C)C(=O)NC(CCCC)C(=O)NC(CCCC)C(=O)O. The third-order valence-corrected chi connectivity index (χ3v) is 4.88. The van der Waals surface area contributed by atoms with Gasteiger partial charge < -0.3 is 15.7 Å². The van der Waals surface area contributed by atoms with Gasteiger partial charge in [-0.05, 0) is 19.3 Å². The van der Waals surface area contributed by atoms with Crippen molar-refractivity contribution in [3.8, 4) is 0 Å². The van der Waals surface area contributed by atoms with Crippen molar-refractivity contribution in [3.05, 3.63) is 0 Å². The molecule has 27 heavy (non-hydrogen) atoms. The molecule has 0 aromatic heterocycles. The number of carbonyl (C=O) groups is 3. The number of hydrogen-bond acceptors (Lipinski definition) is 3. The van der Waals surface area contributed by atoms with Crippen LogP contribution in [0.4, 0.5) is 0 Å². The van der Waals surface area contributed by atoms with Gasteiger partial charge in [0.25, 0.3) is 0 Å². The van der Waals surface area contributed by atoms with E-state index < -0.39 is 24.0 Å². The van der Waals surface area contributed by atoms with E-state index in [1.807, 2.05) is 20.8 Å². The van der Waals surface area contributed by atoms with Crippen molar-refractivity contribution in [1.29, 1.82) is 0 Å². The summed E-state index contributed by atoms with van der Waals surface area (Å²) >= 11 is 0. The molecule has 6 nitrogen and oxygen atoms in total. The van der Waals surface area contributed by atoms with Crippen molar-refractivity contribution in [2.45, 2.75) is 110 Å². The summed E-state index contributed by atoms with van der Waals surface area (Å²) in [5, 5.41) is 14.8. The number of carboxylic acids is 1. The van der Waals surface area contributed by atoms with E-state index in [1.165, 1.54) is 6.42 Å². The van der Waals surface area contributed by atoms with Crippen LogP contribution < -0.4 is 10.6 Å². The van der Waals surface area contributed by atoms with Crippen molar-refractivity contribution >= 4 is 17.8 Å². The van der Waals surface area contributed by atoms with E-state index >= 15 is 0 Å². The van der Waals surface area contributed by atoms with Crippen LogP contribution in [0, 0.1) is 5.92 Å². The highest BCUT2D eigenvalue weighted by Gasteiger charge is 2.27. The fourth-order valence-corrected chi connectivity index (χ4v) is 2.94. The molecule has 3 atom stereocenters. The van der Waals surface area contributed by atoms with Crippen LogP contribution in [0.3, 0.4) is 0 Å². The van der Waals surface area contributed by atoms with Gasteiger partial charge in [-0.2, -0.15) is 0 Å². The van der Waals surface area contributed by atoms with Gasteiger partial charge in [-0.1, -0.05) is 79.1 Å². The highest BCUT2D eigenvalue weighted by Crippen LogP contribution is 2.12. The fourth-order valence-electron chi connectivity index (χ4n) is 2.94. The smallest absolute Gasteiger partial charge is 0.326 e. The average Bonchev–Trinajstić information content (AvgIpc) is 2.64. The van der Waals surface area contributed by atoms with Gasteiger partial charge in [0, 0.05) is 5.92 Å². The molecule has 3 N–H and O–H groups in total. The van der Waals surface area contributed by atoms with Gasteiger partial charge in [0.2, 0.25) is 11.8 Å². The first kappa shape index (κ1) is 25.4. The van der Waals surface area contributed by atoms with Crippen molar-refractivity contribution in [2.24, 2.45) is 5.92 Å². The molecule has 6 heteroatoms. The third-order valence-electron chi connectivity index (χ3n) is 4.88. The largest absolute Gasteiger partial charge is 0.480 e. The van der Waals surface area contributed by atoms with Gasteiger partial charge in [-0.3, -0.25) is 9.59 Å². The predicted molar refractivity (Wildman–Crippen MR) is 108 cm³/mol. The minimum absolute atomic E-state index is 0.122. The summed E-state index contributed by atoms with van der Waals surface area (Å²) in [4.78, 5) is 36.4. The molecule has 0 aliphatic heterocycles. The summed E-state index contributed by atoms with van der Waals surface area (Å²) in [5.41, 5.74) is 0. The van der Waals surface area contributed by atoms with Crippen molar-refractivity contribution in [3.63, 3.8) is 0 Å². The van der Waals surface area contributed by atoms with Gasteiger partial charge in [0.05, 0.1) is 0 Å². The van der Waals surface area contributed by atoms with E-state index in [-0.39, 0.29) is 11.8 Å². The Kier molecular flexibility index (Phi) is 14.6. The first-order valence-corrected chi connectivity index (χ1v) is 10.7. The molecule has 0 spiro atoms. The predicted octanol–water partition coefficient (Wildman–Crippen LogP) is 4.03. The number of hydrogen-bond donors (Lipinski definition) is 3. The monoisotopic (exact) mass is 384 g/mol. The molecule has 0 aromatic carbocycles. The molecule has 3 unspecified atom stereocenters. The van der Waals surface area contributed by atoms with Crippen LogP contribution in [0.5, 0.6) is 0 Å². The zero-order chi connectivity index (χ0) is 20.7. The Morgan fingerprint density at radius 3 is 1.74 bits per heavy atom. The highest BCUT2D eigenvalue weighted by molar-refractivity contribution is 5.90. The summed E-state index contributed by atoms with van der Waals surface area (Å²) in [6, 6.07) is -1.57. The molecule has 2 amide bonds. The van der Waals surface area contributed by atoms with E-state index in [4.69, 9.17) is 0 Å². The molecule has 0 bridgehead atoms. The van der Waals surface area contributed by atoms with Crippen LogP contribution in [0.2, 0.25) is 0 Å². The minimum atomic E-state index is -1.03. The number of carbonyl (C=O) groups excluding carboxylic acids is 2. The zero-order valence-corrected chi connectivity index (χ0v) is 17.7. The molecule has 0 radical (unpaired) electrons. The Bertz CT molecular complexity index is 440. The number of nitrogens with one attached hydrogen (secondary N) is 2. The Hall–Kier alpha value is -1.59. The van der Waals surface area contributed by atoms with Crippen LogP contribution in [0.1, 0.15) is 98.3 Å². The highest BCUT2D eigenvalue weighted by atomic mass is 16.4. The maximum absolute atomic E-state index is 12.6. The molecule has 0 aliphatic carbocycles. The van der Waals surface area contributed by atoms with Gasteiger partial charge in [0.15, 0.2) is 0 Å². The summed E-state index contributed by atoms with van der Waals surface area (Å²) in [5.74, 6) is -1.68. The zero-order valence-electron chi connectivity index (χ0n) is 17.7. The quantitative estimate of drug-likeness (QED) is 0.350. The lowest BCUT2D eigenvalue weighted by atomic mass is 10.0. The second kappa shape index (κ2) is 15.5. The van der Waals surface area contributed by atoms with E-state index in [0.717, 1.165) is 51.4 Å². The van der Waals surface area contributed by atoms with Crippen molar-refractivity contribution < 1.29 is 19.5 Å². The number of unbranched alkanes of at least 4 members (excludes halogenated alkanes) is 5. The van der Waals surface area contributed by atoms with Gasteiger partial charge >= 0.3 is 5.97 Å². The van der Waals surface area contributed by atoms with Crippen molar-refractivity contribution in [2.75, 3.05) is 0 Å². The maximum atomic E-state index is 12.6. The van der Waals surface area contributed by atoms with Crippen LogP contribution in [-0.4, -0.2) is 35.0 Å². The molecule has 0 saturated carbocycles. The van der Waals surface area contributed by atoms with Crippen LogP contribution in [0.15, 0.2) is 0 Å². The molecular weight excluding hydrogens is 344 g/mol. The van der Waals surface area contributed by atoms with E-state index in [9.17, 15) is 19.5 Å². The van der Waals surface area contributed by atoms with Gasteiger partial charge in [0.1, 0.15) is 12.1 Å². The molecule has 0 fully saturated rings. The average molecular weight is 385 g/mol. The molecule has 0 aromatic rings. The molecule has 0 rings (SSSR count). The second-order valence-corrected chi connectivity index (χ2v) is 7.50. The summed E-state index contributed by atoms with van der Waals surface area (Å²) in [7, 11) is 0. The lowest BCUT2D eigenvalue weighted by molar-refractivity contribution is -0.142. The van der Waals surface area contributed by atoms with Crippen LogP contribution in [-0.2, 0) is 14.4 Å². The van der Waals surface area contributed by atoms with Gasteiger partial charge in [-0.25, -0.2) is 4.79 Å². The Labute approximate surface area is 164 Å². The standard InChI is InChI=1S/C21H40N2O4/c1-5-8-11-12-13-16(4)19(24)22-17(14-9-6-2)20(25)23-18(21(26)27)15-10-7-3/h16-18H,5-15H2,1-4H3,(H,22,24)(H,23,25)(H,26,27). The minimum Gasteiger partial charge on any atom is -0.480 e. The summed E-state index contributed by atoms with van der Waals surface area (Å²) < 4.78 is 0. The maximum Gasteiger partial charge on any atom is 0.326 e. The third kappa shape index (κ3) is 11.7. The summed E-state index contributed by atoms with van der Waals surface area (Å²) in [6.07, 6.45) is 9.49. The number of rotatable bonds is 16. The Morgan fingerprint density at radius 2 is 1.22 bits per heavy atom. The molecule has 0 heterocycles. The Morgan fingerprint density at radius 1 is 0.704 bits per heavy atom. The van der Waals surface area contributed by atoms with Gasteiger partial charge in [-0.15, -0.1) is 0 Å². The van der Waals surface area contributed by atoms with E-state index in [1.54, 1.807) is 0 Å². The van der Waals surface area contributed by atoms with Crippen LogP contribution >= 0.6 is 0 Å². The number of amides is 2. The number of carboxylic acid groups (broad SMARTS) is 1. The lowest BCUT2D eigenvalue weighted by Crippen LogP contribution is -2.52. The molecule has 0 saturated heterocycles. The molecular formula is C21H40N2O4. The topological polar surface area (TPSA) is 95.5 Å². The second-order valence-electron chi connectivity index (χ2n) is 7.50. The van der Waals surface area contributed by atoms with Crippen molar-refractivity contribution in [1.82, 2.24) is 10.6 Å². The first-order valence-electron chi connectivity index (χ1n) is 10.7. The lowest BCUT2D eigenvalue weighted by Gasteiger charge is -2.23. The summed E-state index contributed by atoms with van der Waals surface area (Å²) in [6.45, 7) is 8.04. The van der Waals surface area contributed by atoms with Crippen LogP contribution in [0.25, 0.3) is 0 Å². The molecule has 0 aliphatic rings. The number of aliphatic carboxylic acids is 1. The fraction of sp³-hybridized carbons (Fsp3) is 0.857. The molecule has 158 valence electrons. The van der Waals surface area contributed by atoms with E-state index in [2.05, 4.69) is 17.6 Å². The normalized spacial score (nSPS) is 14.2. The first-order chi connectivity index (χ1) is 12.9. The van der Waals surface area contributed by atoms with E-state index in [0.29, 0.717) is 12.8 Å².